The molecule has 0 amide bonds. The maximum atomic E-state index is 10.3. The summed E-state index contributed by atoms with van der Waals surface area (Å²) >= 11 is 0. The Bertz CT molecular complexity index is 646. The van der Waals surface area contributed by atoms with E-state index in [1.165, 1.54) is 41.5 Å². The minimum Gasteiger partial charge on any atom is -0.395 e. The van der Waals surface area contributed by atoms with Gasteiger partial charge in [0.2, 0.25) is 0 Å². The van der Waals surface area contributed by atoms with E-state index in [4.69, 9.17) is 0 Å². The first kappa shape index (κ1) is 17.2. The van der Waals surface area contributed by atoms with Crippen molar-refractivity contribution in [3.63, 3.8) is 0 Å². The minimum absolute atomic E-state index is 0.146. The van der Waals surface area contributed by atoms with E-state index in [-0.39, 0.29) is 18.6 Å². The van der Waals surface area contributed by atoms with E-state index in [2.05, 4.69) is 67.3 Å². The van der Waals surface area contributed by atoms with Crippen LogP contribution in [0.25, 0.3) is 0 Å². The van der Waals surface area contributed by atoms with Crippen molar-refractivity contribution in [2.24, 2.45) is 0 Å². The molecule has 0 radical (unpaired) electrons. The zero-order valence-electron chi connectivity index (χ0n) is 14.9. The molecule has 3 rings (SSSR count). The monoisotopic (exact) mass is 323 g/mol. The van der Waals surface area contributed by atoms with Crippen molar-refractivity contribution in [3.05, 3.63) is 70.8 Å². The average Bonchev–Trinajstić information content (AvgIpc) is 2.63. The molecule has 1 saturated heterocycles. The van der Waals surface area contributed by atoms with Gasteiger partial charge >= 0.3 is 0 Å². The van der Waals surface area contributed by atoms with Crippen LogP contribution in [0, 0.1) is 13.8 Å². The van der Waals surface area contributed by atoms with E-state index in [9.17, 15) is 5.11 Å². The summed E-state index contributed by atoms with van der Waals surface area (Å²) in [5, 5.41) is 10.3. The van der Waals surface area contributed by atoms with Gasteiger partial charge in [0.25, 0.3) is 0 Å². The number of aryl methyl sites for hydroxylation is 2. The highest BCUT2D eigenvalue weighted by Crippen LogP contribution is 2.34. The molecule has 2 atom stereocenters. The molecule has 2 aromatic carbocycles. The zero-order valence-corrected chi connectivity index (χ0v) is 14.9. The third kappa shape index (κ3) is 3.71. The average molecular weight is 323 g/mol. The second kappa shape index (κ2) is 7.96. The van der Waals surface area contributed by atoms with Crippen LogP contribution in [0.4, 0.5) is 0 Å². The quantitative estimate of drug-likeness (QED) is 0.887. The van der Waals surface area contributed by atoms with Gasteiger partial charge in [-0.1, -0.05) is 60.5 Å². The molecule has 2 unspecified atom stereocenters. The number of nitrogens with zero attached hydrogens (tertiary/aromatic N) is 1. The fourth-order valence-corrected chi connectivity index (χ4v) is 4.05. The second-order valence-corrected chi connectivity index (χ2v) is 7.09. The molecular weight excluding hydrogens is 294 g/mol. The van der Waals surface area contributed by atoms with Crippen LogP contribution >= 0.6 is 0 Å². The summed E-state index contributed by atoms with van der Waals surface area (Å²) in [5.74, 6) is 0.217. The van der Waals surface area contributed by atoms with Gasteiger partial charge in [-0.3, -0.25) is 4.90 Å². The van der Waals surface area contributed by atoms with Gasteiger partial charge in [-0.15, -0.1) is 0 Å². The van der Waals surface area contributed by atoms with E-state index in [1.54, 1.807) is 0 Å². The lowest BCUT2D eigenvalue weighted by molar-refractivity contribution is 0.0934. The number of benzene rings is 2. The summed E-state index contributed by atoms with van der Waals surface area (Å²) in [7, 11) is 0. The number of aliphatic hydroxyl groups is 1. The van der Waals surface area contributed by atoms with Crippen molar-refractivity contribution in [3.8, 4) is 0 Å². The summed E-state index contributed by atoms with van der Waals surface area (Å²) < 4.78 is 0. The lowest BCUT2D eigenvalue weighted by Gasteiger charge is -2.39. The number of hydrogen-bond donors (Lipinski definition) is 1. The van der Waals surface area contributed by atoms with Gasteiger partial charge in [-0.2, -0.15) is 0 Å². The molecule has 1 aliphatic rings. The molecule has 0 bridgehead atoms. The molecule has 0 spiro atoms. The Morgan fingerprint density at radius 3 is 2.33 bits per heavy atom. The van der Waals surface area contributed by atoms with Crippen LogP contribution in [0.1, 0.15) is 47.4 Å². The summed E-state index contributed by atoms with van der Waals surface area (Å²) in [6, 6.07) is 17.5. The predicted octanol–water partition coefficient (Wildman–Crippen LogP) is 4.28. The Labute approximate surface area is 146 Å². The Balaban J connectivity index is 2.05. The van der Waals surface area contributed by atoms with Gasteiger partial charge in [-0.05, 0) is 56.5 Å². The molecule has 1 heterocycles. The first-order valence-electron chi connectivity index (χ1n) is 9.17. The van der Waals surface area contributed by atoms with Crippen molar-refractivity contribution in [2.45, 2.75) is 45.1 Å². The fraction of sp³-hybridized carbons (Fsp3) is 0.455. The van der Waals surface area contributed by atoms with Crippen LogP contribution in [0.5, 0.6) is 0 Å². The molecule has 24 heavy (non-hydrogen) atoms. The Kier molecular flexibility index (Phi) is 5.70. The van der Waals surface area contributed by atoms with Crippen LogP contribution in [0.15, 0.2) is 48.5 Å². The third-order valence-electron chi connectivity index (χ3n) is 5.36. The highest BCUT2D eigenvalue weighted by atomic mass is 16.3. The molecule has 2 heteroatoms. The zero-order chi connectivity index (χ0) is 16.9. The molecule has 0 aromatic heterocycles. The molecule has 128 valence electrons. The molecule has 0 saturated carbocycles. The van der Waals surface area contributed by atoms with Crippen LogP contribution in [-0.2, 0) is 0 Å². The highest BCUT2D eigenvalue weighted by Gasteiger charge is 2.31. The fourth-order valence-electron chi connectivity index (χ4n) is 4.05. The largest absolute Gasteiger partial charge is 0.395 e. The minimum atomic E-state index is 0.146. The third-order valence-corrected chi connectivity index (χ3v) is 5.36. The van der Waals surface area contributed by atoms with Crippen molar-refractivity contribution >= 4 is 0 Å². The van der Waals surface area contributed by atoms with Gasteiger partial charge in [0.15, 0.2) is 0 Å². The molecule has 0 aliphatic carbocycles. The van der Waals surface area contributed by atoms with Gasteiger partial charge in [0, 0.05) is 12.0 Å². The van der Waals surface area contributed by atoms with Gasteiger partial charge in [0.05, 0.1) is 6.61 Å². The standard InChI is InChI=1S/C22H29NO/c1-17-11-12-18(2)20(15-17)22(19-9-5-3-6-10-19)21(16-24)23-13-7-4-8-14-23/h3,5-6,9-12,15,21-22,24H,4,7-8,13-14,16H2,1-2H3. The molecule has 2 aromatic rings. The maximum Gasteiger partial charge on any atom is 0.0596 e. The van der Waals surface area contributed by atoms with Crippen LogP contribution < -0.4 is 0 Å². The molecular formula is C22H29NO. The number of hydrogen-bond acceptors (Lipinski definition) is 2. The summed E-state index contributed by atoms with van der Waals surface area (Å²) in [6.07, 6.45) is 3.80. The molecule has 1 N–H and O–H groups in total. The summed E-state index contributed by atoms with van der Waals surface area (Å²) in [6.45, 7) is 6.74. The first-order chi connectivity index (χ1) is 11.7. The van der Waals surface area contributed by atoms with Crippen LogP contribution in [0.3, 0.4) is 0 Å². The van der Waals surface area contributed by atoms with Crippen LogP contribution in [0.2, 0.25) is 0 Å². The predicted molar refractivity (Wildman–Crippen MR) is 100 cm³/mol. The highest BCUT2D eigenvalue weighted by molar-refractivity contribution is 5.41. The van der Waals surface area contributed by atoms with E-state index >= 15 is 0 Å². The van der Waals surface area contributed by atoms with E-state index in [0.717, 1.165) is 13.1 Å². The van der Waals surface area contributed by atoms with Gasteiger partial charge in [-0.25, -0.2) is 0 Å². The SMILES string of the molecule is Cc1ccc(C)c(C(c2ccccc2)C(CO)N2CCCCC2)c1. The van der Waals surface area contributed by atoms with E-state index in [0.29, 0.717) is 0 Å². The number of likely N-dealkylation sites (tertiary alicyclic amines) is 1. The number of aliphatic hydroxyl groups excluding tert-OH is 1. The smallest absolute Gasteiger partial charge is 0.0596 e. The lowest BCUT2D eigenvalue weighted by atomic mass is 9.81. The Hall–Kier alpha value is -1.64. The van der Waals surface area contributed by atoms with Crippen molar-refractivity contribution < 1.29 is 5.11 Å². The van der Waals surface area contributed by atoms with E-state index in [1.807, 2.05) is 0 Å². The van der Waals surface area contributed by atoms with Crippen molar-refractivity contribution in [1.82, 2.24) is 4.90 Å². The maximum absolute atomic E-state index is 10.3. The first-order valence-corrected chi connectivity index (χ1v) is 9.17. The van der Waals surface area contributed by atoms with Crippen LogP contribution in [-0.4, -0.2) is 35.7 Å². The molecule has 1 fully saturated rings. The van der Waals surface area contributed by atoms with Crippen molar-refractivity contribution in [2.75, 3.05) is 19.7 Å². The molecule has 1 aliphatic heterocycles. The van der Waals surface area contributed by atoms with Gasteiger partial charge in [0.1, 0.15) is 0 Å². The summed E-state index contributed by atoms with van der Waals surface area (Å²) in [4.78, 5) is 2.50. The molecule has 2 nitrogen and oxygen atoms in total. The Morgan fingerprint density at radius 1 is 0.958 bits per heavy atom. The second-order valence-electron chi connectivity index (χ2n) is 7.09. The van der Waals surface area contributed by atoms with Gasteiger partial charge < -0.3 is 5.11 Å². The lowest BCUT2D eigenvalue weighted by Crippen LogP contribution is -2.45. The topological polar surface area (TPSA) is 23.5 Å². The Morgan fingerprint density at radius 2 is 1.67 bits per heavy atom. The summed E-state index contributed by atoms with van der Waals surface area (Å²) in [5.41, 5.74) is 5.25. The van der Waals surface area contributed by atoms with E-state index < -0.39 is 0 Å². The van der Waals surface area contributed by atoms with Crippen molar-refractivity contribution in [1.29, 1.82) is 0 Å². The normalized spacial score (nSPS) is 18.3. The number of piperidine rings is 1. The number of rotatable bonds is 5.